The third-order valence-electron chi connectivity index (χ3n) is 5.65. The summed E-state index contributed by atoms with van der Waals surface area (Å²) in [5.41, 5.74) is -6.87. The lowest BCUT2D eigenvalue weighted by molar-refractivity contribution is -0.266. The molecule has 1 aromatic carbocycles. The van der Waals surface area contributed by atoms with Gasteiger partial charge in [0, 0.05) is 23.6 Å². The lowest BCUT2D eigenvalue weighted by Gasteiger charge is -2.38. The summed E-state index contributed by atoms with van der Waals surface area (Å²) in [4.78, 5) is 6.82. The molecule has 0 radical (unpaired) electrons. The fraction of sp³-hybridized carbons (Fsp3) is 0.458. The van der Waals surface area contributed by atoms with Crippen molar-refractivity contribution in [1.82, 2.24) is 9.97 Å². The summed E-state index contributed by atoms with van der Waals surface area (Å²) in [7, 11) is 0. The predicted molar refractivity (Wildman–Crippen MR) is 116 cm³/mol. The predicted octanol–water partition coefficient (Wildman–Crippen LogP) is 6.71. The van der Waals surface area contributed by atoms with Crippen molar-refractivity contribution in [2.45, 2.75) is 70.0 Å². The molecule has 0 fully saturated rings. The average Bonchev–Trinajstić information content (AvgIpc) is 3.06. The number of rotatable bonds is 7. The Morgan fingerprint density at radius 2 is 1.66 bits per heavy atom. The number of nitrogens with zero attached hydrogens (tertiary/aromatic N) is 1. The summed E-state index contributed by atoms with van der Waals surface area (Å²) in [6.07, 6.45) is -11.0. The van der Waals surface area contributed by atoms with Crippen LogP contribution in [-0.2, 0) is 18.0 Å². The van der Waals surface area contributed by atoms with E-state index in [0.29, 0.717) is 29.1 Å². The molecule has 0 spiro atoms. The molecule has 3 rings (SSSR count). The molecule has 0 bridgehead atoms. The second-order valence-electron chi connectivity index (χ2n) is 9.53. The van der Waals surface area contributed by atoms with Crippen molar-refractivity contribution in [2.24, 2.45) is 0 Å². The Kier molecular flexibility index (Phi) is 6.88. The first-order valence-corrected chi connectivity index (χ1v) is 10.7. The van der Waals surface area contributed by atoms with Gasteiger partial charge in [0.2, 0.25) is 5.88 Å². The Balaban J connectivity index is 2.00. The van der Waals surface area contributed by atoms with Crippen molar-refractivity contribution >= 4 is 10.9 Å². The van der Waals surface area contributed by atoms with Gasteiger partial charge in [0.05, 0.1) is 23.4 Å². The van der Waals surface area contributed by atoms with E-state index in [9.17, 15) is 35.8 Å². The number of fused-ring (bicyclic) bond motifs is 1. The van der Waals surface area contributed by atoms with Gasteiger partial charge in [-0.05, 0) is 55.5 Å². The zero-order valence-electron chi connectivity index (χ0n) is 19.4. The summed E-state index contributed by atoms with van der Waals surface area (Å²) >= 11 is 0. The zero-order valence-corrected chi connectivity index (χ0v) is 19.4. The lowest BCUT2D eigenvalue weighted by atomic mass is 9.72. The molecule has 0 aliphatic carbocycles. The molecule has 11 heteroatoms. The van der Waals surface area contributed by atoms with Gasteiger partial charge >= 0.3 is 12.4 Å². The van der Waals surface area contributed by atoms with Crippen LogP contribution >= 0.6 is 0 Å². The van der Waals surface area contributed by atoms with Crippen molar-refractivity contribution in [3.05, 3.63) is 59.2 Å². The monoisotopic (exact) mass is 506 g/mol. The van der Waals surface area contributed by atoms with E-state index in [4.69, 9.17) is 4.74 Å². The molecule has 192 valence electrons. The van der Waals surface area contributed by atoms with Crippen LogP contribution in [0.5, 0.6) is 5.88 Å². The number of aromatic nitrogens is 2. The van der Waals surface area contributed by atoms with Crippen LogP contribution in [-0.4, -0.2) is 33.0 Å². The van der Waals surface area contributed by atoms with Gasteiger partial charge in [0.15, 0.2) is 5.60 Å². The van der Waals surface area contributed by atoms with Gasteiger partial charge in [-0.15, -0.1) is 0 Å². The highest BCUT2D eigenvalue weighted by atomic mass is 19.4. The Bertz CT molecular complexity index is 1200. The first-order valence-electron chi connectivity index (χ1n) is 10.7. The molecule has 2 aromatic heterocycles. The van der Waals surface area contributed by atoms with Gasteiger partial charge in [0.1, 0.15) is 5.82 Å². The third-order valence-corrected chi connectivity index (χ3v) is 5.65. The molecule has 35 heavy (non-hydrogen) atoms. The second-order valence-corrected chi connectivity index (χ2v) is 9.53. The van der Waals surface area contributed by atoms with Crippen LogP contribution in [0.15, 0.2) is 36.5 Å². The fourth-order valence-corrected chi connectivity index (χ4v) is 4.20. The molecule has 1 atom stereocenters. The van der Waals surface area contributed by atoms with Crippen molar-refractivity contribution in [1.29, 1.82) is 0 Å². The molecule has 0 aliphatic rings. The third kappa shape index (κ3) is 5.88. The van der Waals surface area contributed by atoms with Crippen LogP contribution in [0.2, 0.25) is 0 Å². The van der Waals surface area contributed by atoms with Crippen molar-refractivity contribution in [2.75, 3.05) is 0 Å². The normalized spacial score (nSPS) is 15.0. The molecular weight excluding hydrogens is 481 g/mol. The highest BCUT2D eigenvalue weighted by Gasteiger charge is 2.56. The van der Waals surface area contributed by atoms with Crippen LogP contribution in [0, 0.1) is 5.82 Å². The van der Waals surface area contributed by atoms with Crippen LogP contribution in [0.25, 0.3) is 10.9 Å². The number of hydrogen-bond acceptors (Lipinski definition) is 3. The SMILES string of the molecule is CC(C)Oc1cc2cc(CC(O)(CC(C)(C)c3cc(F)ccc3C(F)(F)F)C(F)(F)F)[nH]c2cn1. The number of ether oxygens (including phenoxy) is 1. The standard InChI is InChI=1S/C24H25F7N2O2/c1-13(2)35-20-8-14-7-16(33-19(14)11-32-20)10-22(34,24(29,30)31)12-21(3,4)18-9-15(25)5-6-17(18)23(26,27)28/h5-9,11,13,33-34H,10,12H2,1-4H3. The Labute approximate surface area is 197 Å². The quantitative estimate of drug-likeness (QED) is 0.350. The van der Waals surface area contributed by atoms with Gasteiger partial charge in [-0.3, -0.25) is 0 Å². The van der Waals surface area contributed by atoms with Crippen LogP contribution in [0.1, 0.15) is 50.9 Å². The van der Waals surface area contributed by atoms with E-state index in [1.54, 1.807) is 13.8 Å². The first-order chi connectivity index (χ1) is 15.9. The molecule has 0 saturated carbocycles. The molecular formula is C24H25F7N2O2. The molecule has 0 aliphatic heterocycles. The summed E-state index contributed by atoms with van der Waals surface area (Å²) in [5, 5.41) is 11.3. The Hall–Kier alpha value is -2.82. The van der Waals surface area contributed by atoms with Gasteiger partial charge < -0.3 is 14.8 Å². The molecule has 0 saturated heterocycles. The van der Waals surface area contributed by atoms with Gasteiger partial charge in [-0.1, -0.05) is 13.8 Å². The fourth-order valence-electron chi connectivity index (χ4n) is 4.20. The number of benzene rings is 1. The number of H-pyrrole nitrogens is 1. The highest BCUT2D eigenvalue weighted by Crippen LogP contribution is 2.46. The zero-order chi connectivity index (χ0) is 26.4. The maximum Gasteiger partial charge on any atom is 0.417 e. The maximum absolute atomic E-state index is 14.1. The number of aliphatic hydroxyl groups is 1. The number of pyridine rings is 1. The van der Waals surface area contributed by atoms with E-state index >= 15 is 0 Å². The minimum Gasteiger partial charge on any atom is -0.475 e. The lowest BCUT2D eigenvalue weighted by Crippen LogP contribution is -2.51. The molecule has 1 unspecified atom stereocenters. The smallest absolute Gasteiger partial charge is 0.417 e. The van der Waals surface area contributed by atoms with E-state index in [0.717, 1.165) is 13.8 Å². The topological polar surface area (TPSA) is 58.1 Å². The molecule has 3 aromatic rings. The number of halogens is 7. The van der Waals surface area contributed by atoms with E-state index in [2.05, 4.69) is 9.97 Å². The minimum absolute atomic E-state index is 0.00518. The van der Waals surface area contributed by atoms with Gasteiger partial charge in [-0.2, -0.15) is 26.3 Å². The number of hydrogen-bond donors (Lipinski definition) is 2. The van der Waals surface area contributed by atoms with E-state index in [1.165, 1.54) is 18.3 Å². The van der Waals surface area contributed by atoms with Gasteiger partial charge in [0.25, 0.3) is 0 Å². The summed E-state index contributed by atoms with van der Waals surface area (Å²) in [6, 6.07) is 4.55. The van der Waals surface area contributed by atoms with E-state index in [1.807, 2.05) is 0 Å². The second kappa shape index (κ2) is 9.00. The van der Waals surface area contributed by atoms with Crippen LogP contribution in [0.4, 0.5) is 30.7 Å². The Morgan fingerprint density at radius 1 is 1.00 bits per heavy atom. The van der Waals surface area contributed by atoms with Crippen molar-refractivity contribution in [3.63, 3.8) is 0 Å². The number of alkyl halides is 6. The molecule has 2 heterocycles. The number of nitrogens with one attached hydrogen (secondary N) is 1. The minimum atomic E-state index is -5.20. The molecule has 0 amide bonds. The van der Waals surface area contributed by atoms with Gasteiger partial charge in [-0.25, -0.2) is 9.37 Å². The largest absolute Gasteiger partial charge is 0.475 e. The van der Waals surface area contributed by atoms with E-state index in [-0.39, 0.29) is 17.7 Å². The summed E-state index contributed by atoms with van der Waals surface area (Å²) in [5.74, 6) is -0.768. The average molecular weight is 506 g/mol. The number of aromatic amines is 1. The van der Waals surface area contributed by atoms with Crippen LogP contribution in [0.3, 0.4) is 0 Å². The molecule has 4 nitrogen and oxygen atoms in total. The Morgan fingerprint density at radius 3 is 2.23 bits per heavy atom. The summed E-state index contributed by atoms with van der Waals surface area (Å²) in [6.45, 7) is 5.78. The van der Waals surface area contributed by atoms with E-state index < -0.39 is 53.2 Å². The summed E-state index contributed by atoms with van der Waals surface area (Å²) < 4.78 is 102. The van der Waals surface area contributed by atoms with Crippen LogP contribution < -0.4 is 4.74 Å². The maximum atomic E-state index is 14.1. The van der Waals surface area contributed by atoms with Crippen molar-refractivity contribution in [3.8, 4) is 5.88 Å². The molecule has 2 N–H and O–H groups in total. The first kappa shape index (κ1) is 26.8. The highest BCUT2D eigenvalue weighted by molar-refractivity contribution is 5.80. The van der Waals surface area contributed by atoms with Crippen molar-refractivity contribution < 1.29 is 40.6 Å².